The summed E-state index contributed by atoms with van der Waals surface area (Å²) < 4.78 is 10.7. The van der Waals surface area contributed by atoms with Crippen LogP contribution in [-0.4, -0.2) is 19.4 Å². The van der Waals surface area contributed by atoms with Crippen molar-refractivity contribution in [2.45, 2.75) is 38.9 Å². The summed E-state index contributed by atoms with van der Waals surface area (Å²) in [6.07, 6.45) is 1.13. The summed E-state index contributed by atoms with van der Waals surface area (Å²) in [4.78, 5) is 4.51. The van der Waals surface area contributed by atoms with Gasteiger partial charge in [-0.1, -0.05) is 37.7 Å². The molecule has 0 spiro atoms. The monoisotopic (exact) mass is 372 g/mol. The van der Waals surface area contributed by atoms with Gasteiger partial charge in [0.05, 0.1) is 19.9 Å². The Morgan fingerprint density at radius 3 is 2.31 bits per heavy atom. The Hall–Kier alpha value is -2.14. The molecule has 2 rings (SSSR count). The maximum Gasteiger partial charge on any atom is 0.161 e. The quantitative estimate of drug-likeness (QED) is 0.522. The lowest BCUT2D eigenvalue weighted by molar-refractivity contribution is 0.354. The summed E-state index contributed by atoms with van der Waals surface area (Å²) in [5.41, 5.74) is 10.6. The number of hydrogen-bond acceptors (Lipinski definition) is 4. The zero-order valence-corrected chi connectivity index (χ0v) is 17.0. The van der Waals surface area contributed by atoms with Crippen LogP contribution in [0.5, 0.6) is 11.5 Å². The molecular formula is C21H28N2O2S. The second kappa shape index (κ2) is 9.53. The highest BCUT2D eigenvalue weighted by molar-refractivity contribution is 8.13. The number of methoxy groups -OCH3 is 2. The molecule has 0 saturated heterocycles. The Morgan fingerprint density at radius 2 is 1.73 bits per heavy atom. The zero-order valence-electron chi connectivity index (χ0n) is 16.2. The van der Waals surface area contributed by atoms with Crippen molar-refractivity contribution in [3.8, 4) is 11.5 Å². The van der Waals surface area contributed by atoms with E-state index in [-0.39, 0.29) is 0 Å². The third-order valence-electron chi connectivity index (χ3n) is 4.53. The van der Waals surface area contributed by atoms with Crippen LogP contribution in [0.1, 0.15) is 42.9 Å². The largest absolute Gasteiger partial charge is 0.493 e. The van der Waals surface area contributed by atoms with Gasteiger partial charge in [-0.25, -0.2) is 4.99 Å². The van der Waals surface area contributed by atoms with E-state index in [9.17, 15) is 0 Å². The van der Waals surface area contributed by atoms with Crippen molar-refractivity contribution < 1.29 is 9.47 Å². The summed E-state index contributed by atoms with van der Waals surface area (Å²) in [7, 11) is 3.28. The number of benzene rings is 2. The number of nitrogens with zero attached hydrogens (tertiary/aromatic N) is 1. The van der Waals surface area contributed by atoms with E-state index in [4.69, 9.17) is 15.2 Å². The van der Waals surface area contributed by atoms with Crippen LogP contribution in [0, 0.1) is 6.92 Å². The fourth-order valence-electron chi connectivity index (χ4n) is 2.60. The predicted molar refractivity (Wildman–Crippen MR) is 112 cm³/mol. The van der Waals surface area contributed by atoms with E-state index in [1.165, 1.54) is 17.3 Å². The Balaban J connectivity index is 2.06. The maximum absolute atomic E-state index is 6.11. The van der Waals surface area contributed by atoms with E-state index in [0.29, 0.717) is 11.1 Å². The first-order valence-corrected chi connectivity index (χ1v) is 9.75. The molecule has 2 aromatic rings. The Labute approximate surface area is 160 Å². The van der Waals surface area contributed by atoms with Crippen LogP contribution in [0.25, 0.3) is 0 Å². The SMILES string of the molecule is CC[C@H](C)c1ccc(N=C(N)SCc2cc(OC)c(OC)cc2C)cc1. The van der Waals surface area contributed by atoms with Crippen LogP contribution in [0.3, 0.4) is 0 Å². The topological polar surface area (TPSA) is 56.8 Å². The van der Waals surface area contributed by atoms with Crippen LogP contribution in [0.2, 0.25) is 0 Å². The number of ether oxygens (including phenoxy) is 2. The lowest BCUT2D eigenvalue weighted by atomic mass is 9.99. The van der Waals surface area contributed by atoms with Crippen LogP contribution >= 0.6 is 11.8 Å². The van der Waals surface area contributed by atoms with Gasteiger partial charge in [-0.15, -0.1) is 0 Å². The van der Waals surface area contributed by atoms with E-state index >= 15 is 0 Å². The van der Waals surface area contributed by atoms with Gasteiger partial charge in [0.1, 0.15) is 0 Å². The van der Waals surface area contributed by atoms with E-state index in [2.05, 4.69) is 37.9 Å². The van der Waals surface area contributed by atoms with Crippen molar-refractivity contribution in [2.24, 2.45) is 10.7 Å². The van der Waals surface area contributed by atoms with Gasteiger partial charge in [-0.3, -0.25) is 0 Å². The molecule has 26 heavy (non-hydrogen) atoms. The summed E-state index contributed by atoms with van der Waals surface area (Å²) in [6.45, 7) is 6.48. The number of thioether (sulfide) groups is 1. The minimum absolute atomic E-state index is 0.551. The maximum atomic E-state index is 6.11. The fourth-order valence-corrected chi connectivity index (χ4v) is 3.39. The Kier molecular flexibility index (Phi) is 7.39. The first-order chi connectivity index (χ1) is 12.5. The molecule has 0 aliphatic carbocycles. The molecule has 2 N–H and O–H groups in total. The average molecular weight is 373 g/mol. The van der Waals surface area contributed by atoms with Gasteiger partial charge < -0.3 is 15.2 Å². The molecule has 0 aromatic heterocycles. The predicted octanol–water partition coefficient (Wildman–Crippen LogP) is 5.41. The second-order valence-electron chi connectivity index (χ2n) is 6.27. The van der Waals surface area contributed by atoms with Gasteiger partial charge in [-0.2, -0.15) is 0 Å². The molecule has 2 aromatic carbocycles. The summed E-state index contributed by atoms with van der Waals surface area (Å²) in [6, 6.07) is 12.3. The first-order valence-electron chi connectivity index (χ1n) is 8.76. The highest BCUT2D eigenvalue weighted by atomic mass is 32.2. The van der Waals surface area contributed by atoms with E-state index in [1.54, 1.807) is 14.2 Å². The smallest absolute Gasteiger partial charge is 0.161 e. The van der Waals surface area contributed by atoms with E-state index < -0.39 is 0 Å². The summed E-state index contributed by atoms with van der Waals surface area (Å²) in [5, 5.41) is 0.551. The normalized spacial score (nSPS) is 12.7. The third-order valence-corrected chi connectivity index (χ3v) is 5.37. The van der Waals surface area contributed by atoms with Gasteiger partial charge in [0.2, 0.25) is 0 Å². The molecule has 0 radical (unpaired) electrons. The molecule has 0 aliphatic heterocycles. The molecule has 140 valence electrons. The lowest BCUT2D eigenvalue weighted by Crippen LogP contribution is -2.06. The van der Waals surface area contributed by atoms with Crippen molar-refractivity contribution in [2.75, 3.05) is 14.2 Å². The standard InChI is InChI=1S/C21H28N2O2S/c1-6-14(2)16-7-9-18(10-8-16)23-21(22)26-13-17-12-20(25-5)19(24-4)11-15(17)3/h7-12,14H,6,13H2,1-5H3,(H2,22,23)/t14-/m0/s1. The number of aliphatic imine (C=N–C) groups is 1. The van der Waals surface area contributed by atoms with E-state index in [0.717, 1.165) is 40.5 Å². The minimum Gasteiger partial charge on any atom is -0.493 e. The number of aryl methyl sites for hydroxylation is 1. The van der Waals surface area contributed by atoms with Crippen molar-refractivity contribution in [1.82, 2.24) is 0 Å². The number of rotatable bonds is 7. The third kappa shape index (κ3) is 5.18. The molecule has 0 heterocycles. The van der Waals surface area contributed by atoms with Crippen LogP contribution < -0.4 is 15.2 Å². The zero-order chi connectivity index (χ0) is 19.1. The number of amidine groups is 1. The van der Waals surface area contributed by atoms with Crippen LogP contribution in [0.4, 0.5) is 5.69 Å². The molecule has 0 amide bonds. The number of hydrogen-bond donors (Lipinski definition) is 1. The molecule has 0 saturated carbocycles. The van der Waals surface area contributed by atoms with Crippen molar-refractivity contribution in [3.05, 3.63) is 53.1 Å². The second-order valence-corrected chi connectivity index (χ2v) is 7.27. The highest BCUT2D eigenvalue weighted by Gasteiger charge is 2.09. The Bertz CT molecular complexity index is 757. The fraction of sp³-hybridized carbons (Fsp3) is 0.381. The van der Waals surface area contributed by atoms with Crippen molar-refractivity contribution >= 4 is 22.6 Å². The Morgan fingerprint density at radius 1 is 1.12 bits per heavy atom. The first kappa shape index (κ1) is 20.2. The van der Waals surface area contributed by atoms with Gasteiger partial charge in [0, 0.05) is 5.75 Å². The molecule has 0 aliphatic rings. The summed E-state index contributed by atoms with van der Waals surface area (Å²) in [5.74, 6) is 2.76. The lowest BCUT2D eigenvalue weighted by Gasteiger charge is -2.12. The highest BCUT2D eigenvalue weighted by Crippen LogP contribution is 2.32. The molecular weight excluding hydrogens is 344 g/mol. The molecule has 0 fully saturated rings. The van der Waals surface area contributed by atoms with Gasteiger partial charge in [-0.05, 0) is 60.2 Å². The summed E-state index contributed by atoms with van der Waals surface area (Å²) >= 11 is 1.52. The average Bonchev–Trinajstić information content (AvgIpc) is 2.66. The molecule has 0 bridgehead atoms. The van der Waals surface area contributed by atoms with Crippen LogP contribution in [0.15, 0.2) is 41.4 Å². The van der Waals surface area contributed by atoms with Crippen LogP contribution in [-0.2, 0) is 5.75 Å². The van der Waals surface area contributed by atoms with Gasteiger partial charge in [0.25, 0.3) is 0 Å². The molecule has 1 atom stereocenters. The number of nitrogens with two attached hydrogens (primary N) is 1. The van der Waals surface area contributed by atoms with Crippen molar-refractivity contribution in [1.29, 1.82) is 0 Å². The molecule has 0 unspecified atom stereocenters. The molecule has 4 nitrogen and oxygen atoms in total. The molecule has 5 heteroatoms. The minimum atomic E-state index is 0.551. The van der Waals surface area contributed by atoms with Gasteiger partial charge >= 0.3 is 0 Å². The van der Waals surface area contributed by atoms with E-state index in [1.807, 2.05) is 24.3 Å². The van der Waals surface area contributed by atoms with Gasteiger partial charge in [0.15, 0.2) is 16.7 Å². The van der Waals surface area contributed by atoms with Crippen molar-refractivity contribution in [3.63, 3.8) is 0 Å².